The summed E-state index contributed by atoms with van der Waals surface area (Å²) in [7, 11) is 1.59. The molecule has 24 heavy (non-hydrogen) atoms. The minimum atomic E-state index is -3.38. The Morgan fingerprint density at radius 1 is 1.12 bits per heavy atom. The van der Waals surface area contributed by atoms with Gasteiger partial charge in [0.05, 0.1) is 5.92 Å². The molecule has 0 radical (unpaired) electrons. The molecule has 1 atom stereocenters. The average molecular weight is 351 g/mol. The van der Waals surface area contributed by atoms with Crippen LogP contribution >= 0.6 is 0 Å². The Bertz CT molecular complexity index is 710. The van der Waals surface area contributed by atoms with Crippen molar-refractivity contribution in [1.82, 2.24) is 13.5 Å². The van der Waals surface area contributed by atoms with Crippen LogP contribution in [0.25, 0.3) is 0 Å². The smallest absolute Gasteiger partial charge is 0.281 e. The number of nitrogens with zero attached hydrogens (tertiary/aromatic N) is 3. The third kappa shape index (κ3) is 2.74. The van der Waals surface area contributed by atoms with Gasteiger partial charge in [0.2, 0.25) is 5.91 Å². The Kier molecular flexibility index (Phi) is 4.44. The molecule has 1 spiro atoms. The van der Waals surface area contributed by atoms with Gasteiger partial charge in [-0.25, -0.2) is 0 Å². The molecule has 2 heterocycles. The van der Waals surface area contributed by atoms with E-state index in [2.05, 4.69) is 0 Å². The normalized spacial score (nSPS) is 24.9. The second-order valence-electron chi connectivity index (χ2n) is 6.98. The highest BCUT2D eigenvalue weighted by molar-refractivity contribution is 7.86. The van der Waals surface area contributed by atoms with E-state index in [4.69, 9.17) is 0 Å². The number of hydrogen-bond acceptors (Lipinski definition) is 3. The number of benzene rings is 1. The molecule has 0 aliphatic carbocycles. The number of amides is 1. The highest BCUT2D eigenvalue weighted by Crippen LogP contribution is 2.45. The predicted molar refractivity (Wildman–Crippen MR) is 92.7 cm³/mol. The molecule has 2 fully saturated rings. The van der Waals surface area contributed by atoms with Crippen molar-refractivity contribution in [1.29, 1.82) is 0 Å². The lowest BCUT2D eigenvalue weighted by atomic mass is 9.82. The molecule has 0 unspecified atom stereocenters. The Morgan fingerprint density at radius 3 is 2.25 bits per heavy atom. The average Bonchev–Trinajstić information content (AvgIpc) is 2.81. The standard InChI is InChI=1S/C17H25N3O3S/c1-18(2)24(22,23)20-11-9-17(10-12-20)13-15(16(21)19(17)3)14-7-5-4-6-8-14/h4-8,15H,9-13H2,1-3H3/t15-/m0/s1. The summed E-state index contributed by atoms with van der Waals surface area (Å²) in [6.45, 7) is 0.916. The fourth-order valence-electron chi connectivity index (χ4n) is 3.92. The molecule has 2 saturated heterocycles. The molecule has 2 aliphatic rings. The van der Waals surface area contributed by atoms with Crippen LogP contribution in [0.5, 0.6) is 0 Å². The predicted octanol–water partition coefficient (Wildman–Crippen LogP) is 1.27. The maximum Gasteiger partial charge on any atom is 0.281 e. The molecule has 132 valence electrons. The lowest BCUT2D eigenvalue weighted by Gasteiger charge is -2.43. The van der Waals surface area contributed by atoms with Gasteiger partial charge >= 0.3 is 0 Å². The van der Waals surface area contributed by atoms with Gasteiger partial charge in [-0.3, -0.25) is 4.79 Å². The van der Waals surface area contributed by atoms with E-state index in [9.17, 15) is 13.2 Å². The molecular formula is C17H25N3O3S. The Morgan fingerprint density at radius 2 is 1.71 bits per heavy atom. The van der Waals surface area contributed by atoms with Crippen molar-refractivity contribution in [2.45, 2.75) is 30.7 Å². The highest BCUT2D eigenvalue weighted by atomic mass is 32.2. The molecule has 3 rings (SSSR count). The largest absolute Gasteiger partial charge is 0.339 e. The van der Waals surface area contributed by atoms with Crippen LogP contribution in [-0.4, -0.2) is 67.6 Å². The van der Waals surface area contributed by atoms with E-state index < -0.39 is 10.2 Å². The molecule has 0 saturated carbocycles. The number of piperidine rings is 1. The summed E-state index contributed by atoms with van der Waals surface area (Å²) in [4.78, 5) is 14.6. The number of carbonyl (C=O) groups excluding carboxylic acids is 1. The highest BCUT2D eigenvalue weighted by Gasteiger charge is 2.51. The summed E-state index contributed by atoms with van der Waals surface area (Å²) in [5.41, 5.74) is 0.824. The molecule has 0 aromatic heterocycles. The van der Waals surface area contributed by atoms with Gasteiger partial charge < -0.3 is 4.90 Å². The zero-order chi connectivity index (χ0) is 17.5. The summed E-state index contributed by atoms with van der Waals surface area (Å²) in [5, 5.41) is 0. The van der Waals surface area contributed by atoms with E-state index in [1.54, 1.807) is 14.1 Å². The van der Waals surface area contributed by atoms with Crippen LogP contribution in [0.15, 0.2) is 30.3 Å². The molecule has 0 bridgehead atoms. The van der Waals surface area contributed by atoms with Gasteiger partial charge in [-0.1, -0.05) is 30.3 Å². The van der Waals surface area contributed by atoms with Crippen LogP contribution in [0.1, 0.15) is 30.7 Å². The van der Waals surface area contributed by atoms with E-state index in [1.165, 1.54) is 8.61 Å². The van der Waals surface area contributed by atoms with Crippen LogP contribution < -0.4 is 0 Å². The van der Waals surface area contributed by atoms with E-state index in [-0.39, 0.29) is 17.4 Å². The fraction of sp³-hybridized carbons (Fsp3) is 0.588. The summed E-state index contributed by atoms with van der Waals surface area (Å²) in [6.07, 6.45) is 2.14. The molecule has 1 aromatic rings. The van der Waals surface area contributed by atoms with Crippen LogP contribution in [0.4, 0.5) is 0 Å². The zero-order valence-electron chi connectivity index (χ0n) is 14.5. The first-order valence-corrected chi connectivity index (χ1v) is 9.68. The van der Waals surface area contributed by atoms with Crippen molar-refractivity contribution < 1.29 is 13.2 Å². The minimum absolute atomic E-state index is 0.117. The second-order valence-corrected chi connectivity index (χ2v) is 9.12. The fourth-order valence-corrected chi connectivity index (χ4v) is 5.03. The van der Waals surface area contributed by atoms with Crippen molar-refractivity contribution in [3.05, 3.63) is 35.9 Å². The van der Waals surface area contributed by atoms with Crippen LogP contribution in [0.2, 0.25) is 0 Å². The minimum Gasteiger partial charge on any atom is -0.339 e. The van der Waals surface area contributed by atoms with Crippen molar-refractivity contribution in [3.63, 3.8) is 0 Å². The summed E-state index contributed by atoms with van der Waals surface area (Å²) in [6, 6.07) is 9.87. The monoisotopic (exact) mass is 351 g/mol. The number of carbonyl (C=O) groups is 1. The molecular weight excluding hydrogens is 326 g/mol. The van der Waals surface area contributed by atoms with E-state index in [0.717, 1.165) is 12.0 Å². The number of rotatable bonds is 3. The van der Waals surface area contributed by atoms with Crippen LogP contribution in [-0.2, 0) is 15.0 Å². The van der Waals surface area contributed by atoms with Gasteiger partial charge in [-0.05, 0) is 24.8 Å². The third-order valence-electron chi connectivity index (χ3n) is 5.57. The van der Waals surface area contributed by atoms with Crippen molar-refractivity contribution in [2.24, 2.45) is 0 Å². The van der Waals surface area contributed by atoms with Gasteiger partial charge in [0, 0.05) is 39.8 Å². The summed E-state index contributed by atoms with van der Waals surface area (Å²) < 4.78 is 27.4. The summed E-state index contributed by atoms with van der Waals surface area (Å²) in [5.74, 6) is 0.0262. The number of hydrogen-bond donors (Lipinski definition) is 0. The SMILES string of the molecule is CN1C(=O)[C@H](c2ccccc2)CC12CCN(S(=O)(=O)N(C)C)CC2. The maximum absolute atomic E-state index is 12.8. The zero-order valence-corrected chi connectivity index (χ0v) is 15.3. The summed E-state index contributed by atoms with van der Waals surface area (Å²) >= 11 is 0. The number of likely N-dealkylation sites (tertiary alicyclic amines) is 1. The number of likely N-dealkylation sites (N-methyl/N-ethyl adjacent to an activating group) is 1. The lowest BCUT2D eigenvalue weighted by molar-refractivity contribution is -0.131. The van der Waals surface area contributed by atoms with Crippen LogP contribution in [0.3, 0.4) is 0 Å². The van der Waals surface area contributed by atoms with Gasteiger partial charge in [0.15, 0.2) is 0 Å². The quantitative estimate of drug-likeness (QED) is 0.824. The van der Waals surface area contributed by atoms with Gasteiger partial charge in [0.25, 0.3) is 10.2 Å². The van der Waals surface area contributed by atoms with E-state index in [0.29, 0.717) is 25.9 Å². The van der Waals surface area contributed by atoms with Crippen molar-refractivity contribution in [2.75, 3.05) is 34.2 Å². The van der Waals surface area contributed by atoms with Gasteiger partial charge in [0.1, 0.15) is 0 Å². The Labute approximate surface area is 144 Å². The topological polar surface area (TPSA) is 60.9 Å². The first-order chi connectivity index (χ1) is 11.3. The molecule has 1 amide bonds. The molecule has 2 aliphatic heterocycles. The molecule has 6 nitrogen and oxygen atoms in total. The first-order valence-electron chi connectivity index (χ1n) is 8.28. The molecule has 0 N–H and O–H groups in total. The Balaban J connectivity index is 1.78. The maximum atomic E-state index is 12.8. The van der Waals surface area contributed by atoms with Gasteiger partial charge in [-0.15, -0.1) is 0 Å². The third-order valence-corrected chi connectivity index (χ3v) is 7.51. The Hall–Kier alpha value is -1.44. The van der Waals surface area contributed by atoms with Gasteiger partial charge in [-0.2, -0.15) is 17.0 Å². The van der Waals surface area contributed by atoms with Crippen LogP contribution in [0, 0.1) is 0 Å². The molecule has 7 heteroatoms. The van der Waals surface area contributed by atoms with Crippen molar-refractivity contribution >= 4 is 16.1 Å². The first kappa shape index (κ1) is 17.4. The lowest BCUT2D eigenvalue weighted by Crippen LogP contribution is -2.54. The molecule has 1 aromatic carbocycles. The van der Waals surface area contributed by atoms with E-state index in [1.807, 2.05) is 42.3 Å². The van der Waals surface area contributed by atoms with E-state index >= 15 is 0 Å². The van der Waals surface area contributed by atoms with Crippen molar-refractivity contribution in [3.8, 4) is 0 Å². The second kappa shape index (κ2) is 6.13.